The second-order valence-electron chi connectivity index (χ2n) is 6.86. The Balaban J connectivity index is 1.62. The zero-order valence-corrected chi connectivity index (χ0v) is 14.9. The Morgan fingerprint density at radius 1 is 1.12 bits per heavy atom. The van der Waals surface area contributed by atoms with E-state index in [-0.39, 0.29) is 17.8 Å². The van der Waals surface area contributed by atoms with E-state index < -0.39 is 0 Å². The highest BCUT2D eigenvalue weighted by atomic mass is 19.1. The summed E-state index contributed by atoms with van der Waals surface area (Å²) in [6.45, 7) is 3.88. The lowest BCUT2D eigenvalue weighted by molar-refractivity contribution is 0.0936. The number of amides is 1. The van der Waals surface area contributed by atoms with Crippen molar-refractivity contribution < 1.29 is 9.18 Å². The minimum Gasteiger partial charge on any atom is -0.345 e. The van der Waals surface area contributed by atoms with Crippen molar-refractivity contribution in [3.63, 3.8) is 0 Å². The molecule has 1 atom stereocenters. The quantitative estimate of drug-likeness (QED) is 0.734. The van der Waals surface area contributed by atoms with E-state index in [0.29, 0.717) is 5.56 Å². The number of aromatic nitrogens is 1. The van der Waals surface area contributed by atoms with Crippen molar-refractivity contribution in [3.05, 3.63) is 88.5 Å². The molecule has 0 spiro atoms. The van der Waals surface area contributed by atoms with Crippen molar-refractivity contribution in [2.75, 3.05) is 0 Å². The third-order valence-corrected chi connectivity index (χ3v) is 5.20. The van der Waals surface area contributed by atoms with Gasteiger partial charge in [0.15, 0.2) is 0 Å². The van der Waals surface area contributed by atoms with Gasteiger partial charge in [0.05, 0.1) is 11.6 Å². The van der Waals surface area contributed by atoms with Gasteiger partial charge in [-0.15, -0.1) is 0 Å². The van der Waals surface area contributed by atoms with Gasteiger partial charge in [0.25, 0.3) is 5.91 Å². The van der Waals surface area contributed by atoms with E-state index in [1.54, 1.807) is 12.1 Å². The number of nitrogens with zero attached hydrogens (tertiary/aromatic N) is 1. The number of rotatable bonds is 3. The number of carbonyl (C=O) groups is 1. The molecular formula is C22H21FN2O. The molecule has 0 radical (unpaired) electrons. The third kappa shape index (κ3) is 2.81. The van der Waals surface area contributed by atoms with Gasteiger partial charge in [-0.25, -0.2) is 4.39 Å². The minimum absolute atomic E-state index is 0.0619. The number of fused-ring (bicyclic) bond motifs is 1. The summed E-state index contributed by atoms with van der Waals surface area (Å²) in [4.78, 5) is 12.9. The van der Waals surface area contributed by atoms with E-state index in [1.807, 2.05) is 36.6 Å². The van der Waals surface area contributed by atoms with Crippen molar-refractivity contribution >= 4 is 5.91 Å². The van der Waals surface area contributed by atoms with E-state index in [4.69, 9.17) is 0 Å². The maximum Gasteiger partial charge on any atom is 0.253 e. The molecule has 1 unspecified atom stereocenters. The van der Waals surface area contributed by atoms with Crippen LogP contribution in [0.15, 0.2) is 54.6 Å². The van der Waals surface area contributed by atoms with E-state index >= 15 is 0 Å². The van der Waals surface area contributed by atoms with Crippen molar-refractivity contribution in [2.24, 2.45) is 0 Å². The van der Waals surface area contributed by atoms with Crippen LogP contribution in [0.25, 0.3) is 5.69 Å². The van der Waals surface area contributed by atoms with E-state index in [2.05, 4.69) is 17.4 Å². The molecule has 2 aromatic carbocycles. The van der Waals surface area contributed by atoms with Gasteiger partial charge in [-0.1, -0.05) is 24.3 Å². The Hall–Kier alpha value is -2.88. The molecule has 0 fully saturated rings. The van der Waals surface area contributed by atoms with E-state index in [9.17, 15) is 9.18 Å². The molecule has 1 aliphatic rings. The number of benzene rings is 2. The highest BCUT2D eigenvalue weighted by Gasteiger charge is 2.25. The van der Waals surface area contributed by atoms with Crippen molar-refractivity contribution in [2.45, 2.75) is 32.7 Å². The SMILES string of the molecule is Cc1cc(C(=O)NC2CCc3ccccc32)c(C)n1-c1ccc(F)cc1. The minimum atomic E-state index is -0.269. The average Bonchev–Trinajstić information content (AvgIpc) is 3.17. The molecule has 1 amide bonds. The first kappa shape index (κ1) is 16.6. The first-order valence-corrected chi connectivity index (χ1v) is 8.88. The number of hydrogen-bond acceptors (Lipinski definition) is 1. The molecule has 0 bridgehead atoms. The summed E-state index contributed by atoms with van der Waals surface area (Å²) < 4.78 is 15.2. The Morgan fingerprint density at radius 2 is 1.85 bits per heavy atom. The molecule has 3 nitrogen and oxygen atoms in total. The summed E-state index contributed by atoms with van der Waals surface area (Å²) in [6, 6.07) is 16.6. The van der Waals surface area contributed by atoms with Gasteiger partial charge in [-0.3, -0.25) is 4.79 Å². The van der Waals surface area contributed by atoms with Crippen LogP contribution in [-0.4, -0.2) is 10.5 Å². The van der Waals surface area contributed by atoms with Gasteiger partial charge in [0, 0.05) is 17.1 Å². The Kier molecular flexibility index (Phi) is 4.11. The van der Waals surface area contributed by atoms with Gasteiger partial charge in [-0.2, -0.15) is 0 Å². The van der Waals surface area contributed by atoms with Crippen LogP contribution in [0.5, 0.6) is 0 Å². The second kappa shape index (κ2) is 6.45. The van der Waals surface area contributed by atoms with E-state index in [1.165, 1.54) is 23.3 Å². The fraction of sp³-hybridized carbons (Fsp3) is 0.227. The molecule has 0 saturated carbocycles. The number of carbonyl (C=O) groups excluding carboxylic acids is 1. The molecule has 3 aromatic rings. The highest BCUT2D eigenvalue weighted by molar-refractivity contribution is 5.96. The van der Waals surface area contributed by atoms with Gasteiger partial charge in [-0.05, 0) is 68.1 Å². The predicted octanol–water partition coefficient (Wildman–Crippen LogP) is 4.65. The largest absolute Gasteiger partial charge is 0.345 e. The summed E-state index contributed by atoms with van der Waals surface area (Å²) in [6.07, 6.45) is 1.93. The second-order valence-corrected chi connectivity index (χ2v) is 6.86. The fourth-order valence-corrected chi connectivity index (χ4v) is 3.92. The normalized spacial score (nSPS) is 15.7. The van der Waals surface area contributed by atoms with E-state index in [0.717, 1.165) is 29.9 Å². The lowest BCUT2D eigenvalue weighted by Gasteiger charge is -2.14. The highest BCUT2D eigenvalue weighted by Crippen LogP contribution is 2.31. The summed E-state index contributed by atoms with van der Waals surface area (Å²) in [5.41, 5.74) is 5.86. The Bertz CT molecular complexity index is 972. The average molecular weight is 348 g/mol. The van der Waals surface area contributed by atoms with Gasteiger partial charge < -0.3 is 9.88 Å². The van der Waals surface area contributed by atoms with Crippen LogP contribution in [0.3, 0.4) is 0 Å². The molecule has 1 aromatic heterocycles. The van der Waals surface area contributed by atoms with Crippen LogP contribution in [0, 0.1) is 19.7 Å². The standard InChI is InChI=1S/C22H21FN2O/c1-14-13-20(15(2)25(14)18-10-8-17(23)9-11-18)22(26)24-21-12-7-16-5-3-4-6-19(16)21/h3-6,8-11,13,21H,7,12H2,1-2H3,(H,24,26). The number of halogens is 1. The fourth-order valence-electron chi connectivity index (χ4n) is 3.92. The van der Waals surface area contributed by atoms with Gasteiger partial charge >= 0.3 is 0 Å². The van der Waals surface area contributed by atoms with Crippen molar-refractivity contribution in [1.29, 1.82) is 0 Å². The number of hydrogen-bond donors (Lipinski definition) is 1. The number of nitrogens with one attached hydrogen (secondary N) is 1. The summed E-state index contributed by atoms with van der Waals surface area (Å²) >= 11 is 0. The first-order chi connectivity index (χ1) is 12.5. The summed E-state index contributed by atoms with van der Waals surface area (Å²) in [5.74, 6) is -0.331. The first-order valence-electron chi connectivity index (χ1n) is 8.88. The molecule has 132 valence electrons. The predicted molar refractivity (Wildman–Crippen MR) is 100 cm³/mol. The molecule has 4 rings (SSSR count). The van der Waals surface area contributed by atoms with Crippen molar-refractivity contribution in [1.82, 2.24) is 9.88 Å². The lowest BCUT2D eigenvalue weighted by atomic mass is 10.1. The van der Waals surface area contributed by atoms with Crippen molar-refractivity contribution in [3.8, 4) is 5.69 Å². The molecule has 1 aliphatic carbocycles. The smallest absolute Gasteiger partial charge is 0.253 e. The van der Waals surface area contributed by atoms with Crippen LogP contribution in [0.2, 0.25) is 0 Å². The molecule has 4 heteroatoms. The molecule has 1 heterocycles. The molecule has 0 saturated heterocycles. The number of aryl methyl sites for hydroxylation is 2. The Morgan fingerprint density at radius 3 is 2.62 bits per heavy atom. The zero-order chi connectivity index (χ0) is 18.3. The Labute approximate surface area is 152 Å². The monoisotopic (exact) mass is 348 g/mol. The van der Waals surface area contributed by atoms with Crippen LogP contribution in [-0.2, 0) is 6.42 Å². The summed E-state index contributed by atoms with van der Waals surface area (Å²) in [7, 11) is 0. The van der Waals surface area contributed by atoms with Crippen LogP contribution in [0.1, 0.15) is 45.3 Å². The van der Waals surface area contributed by atoms with Crippen LogP contribution < -0.4 is 5.32 Å². The maximum absolute atomic E-state index is 13.2. The lowest BCUT2D eigenvalue weighted by Crippen LogP contribution is -2.27. The van der Waals surface area contributed by atoms with Crippen LogP contribution >= 0.6 is 0 Å². The molecule has 0 aliphatic heterocycles. The van der Waals surface area contributed by atoms with Gasteiger partial charge in [0.1, 0.15) is 5.82 Å². The molecule has 26 heavy (non-hydrogen) atoms. The molecular weight excluding hydrogens is 327 g/mol. The summed E-state index contributed by atoms with van der Waals surface area (Å²) in [5, 5.41) is 3.18. The maximum atomic E-state index is 13.2. The van der Waals surface area contributed by atoms with Gasteiger partial charge in [0.2, 0.25) is 0 Å². The van der Waals surface area contributed by atoms with Crippen LogP contribution in [0.4, 0.5) is 4.39 Å². The molecule has 1 N–H and O–H groups in total. The third-order valence-electron chi connectivity index (χ3n) is 5.20. The zero-order valence-electron chi connectivity index (χ0n) is 14.9. The topological polar surface area (TPSA) is 34.0 Å².